The number of carbonyl (C=O) groups is 3. The Morgan fingerprint density at radius 3 is 2.28 bits per heavy atom. The highest BCUT2D eigenvalue weighted by atomic mass is 16.7. The van der Waals surface area contributed by atoms with E-state index >= 15 is 0 Å². The van der Waals surface area contributed by atoms with Gasteiger partial charge in [-0.2, -0.15) is 0 Å². The molecule has 0 heterocycles. The van der Waals surface area contributed by atoms with E-state index in [1.165, 1.54) is 0 Å². The van der Waals surface area contributed by atoms with Crippen molar-refractivity contribution in [3.05, 3.63) is 35.9 Å². The standard InChI is InChI=1S/C22H35N3O7/c1-3-29-19(30-4-2)13-14-24-20(26)18(12-8-9-15-31-21(23)27)25-22(28)32-16-17-10-6-5-7-11-17/h5-7,10-11,18-19H,3-4,8-9,12-16H2,1-2H3,(H2,23,27)(H,24,26)(H,25,28)/t18-/m0/s1. The second kappa shape index (κ2) is 16.8. The molecule has 10 nitrogen and oxygen atoms in total. The van der Waals surface area contributed by atoms with E-state index < -0.39 is 24.5 Å². The number of rotatable bonds is 16. The lowest BCUT2D eigenvalue weighted by Gasteiger charge is -2.20. The predicted molar refractivity (Wildman–Crippen MR) is 118 cm³/mol. The van der Waals surface area contributed by atoms with Gasteiger partial charge in [0, 0.05) is 26.2 Å². The fourth-order valence-electron chi connectivity index (χ4n) is 2.82. The van der Waals surface area contributed by atoms with Crippen molar-refractivity contribution in [2.24, 2.45) is 5.73 Å². The van der Waals surface area contributed by atoms with Gasteiger partial charge in [-0.3, -0.25) is 4.79 Å². The number of hydrogen-bond acceptors (Lipinski definition) is 7. The summed E-state index contributed by atoms with van der Waals surface area (Å²) in [4.78, 5) is 35.5. The van der Waals surface area contributed by atoms with Crippen LogP contribution in [0.2, 0.25) is 0 Å². The molecule has 0 spiro atoms. The molecule has 1 atom stereocenters. The summed E-state index contributed by atoms with van der Waals surface area (Å²) in [6.07, 6.45) is -0.0862. The average Bonchev–Trinajstić information content (AvgIpc) is 2.77. The highest BCUT2D eigenvalue weighted by molar-refractivity contribution is 5.85. The fourth-order valence-corrected chi connectivity index (χ4v) is 2.82. The lowest BCUT2D eigenvalue weighted by molar-refractivity contribution is -0.140. The van der Waals surface area contributed by atoms with Crippen LogP contribution in [-0.4, -0.2) is 56.8 Å². The Kier molecular flexibility index (Phi) is 14.3. The summed E-state index contributed by atoms with van der Waals surface area (Å²) in [5, 5.41) is 5.40. The van der Waals surface area contributed by atoms with E-state index in [9.17, 15) is 14.4 Å². The van der Waals surface area contributed by atoms with Gasteiger partial charge in [-0.15, -0.1) is 0 Å². The maximum absolute atomic E-state index is 12.7. The number of primary amides is 1. The molecule has 0 aliphatic rings. The van der Waals surface area contributed by atoms with Crippen molar-refractivity contribution in [3.8, 4) is 0 Å². The molecule has 0 aromatic heterocycles. The molecule has 4 N–H and O–H groups in total. The molecule has 0 radical (unpaired) electrons. The Bertz CT molecular complexity index is 667. The van der Waals surface area contributed by atoms with Crippen LogP contribution in [0.3, 0.4) is 0 Å². The number of benzene rings is 1. The molecular weight excluding hydrogens is 418 g/mol. The van der Waals surface area contributed by atoms with Crippen LogP contribution in [0.25, 0.3) is 0 Å². The van der Waals surface area contributed by atoms with Crippen molar-refractivity contribution in [3.63, 3.8) is 0 Å². The highest BCUT2D eigenvalue weighted by Crippen LogP contribution is 2.06. The monoisotopic (exact) mass is 453 g/mol. The third-order valence-corrected chi connectivity index (χ3v) is 4.34. The second-order valence-electron chi connectivity index (χ2n) is 6.84. The van der Waals surface area contributed by atoms with Gasteiger partial charge in [0.1, 0.15) is 12.6 Å². The molecule has 1 aromatic rings. The molecule has 1 rings (SSSR count). The van der Waals surface area contributed by atoms with Crippen molar-refractivity contribution in [2.75, 3.05) is 26.4 Å². The topological polar surface area (TPSA) is 138 Å². The van der Waals surface area contributed by atoms with Crippen LogP contribution >= 0.6 is 0 Å². The first-order valence-corrected chi connectivity index (χ1v) is 10.9. The van der Waals surface area contributed by atoms with Gasteiger partial charge in [0.05, 0.1) is 6.61 Å². The van der Waals surface area contributed by atoms with Gasteiger partial charge in [0.15, 0.2) is 6.29 Å². The van der Waals surface area contributed by atoms with Gasteiger partial charge in [0.25, 0.3) is 0 Å². The minimum Gasteiger partial charge on any atom is -0.450 e. The molecule has 10 heteroatoms. The maximum atomic E-state index is 12.7. The van der Waals surface area contributed by atoms with Crippen molar-refractivity contribution < 1.29 is 33.3 Å². The summed E-state index contributed by atoms with van der Waals surface area (Å²) in [5.41, 5.74) is 5.77. The summed E-state index contributed by atoms with van der Waals surface area (Å²) < 4.78 is 20.8. The van der Waals surface area contributed by atoms with Crippen molar-refractivity contribution >= 4 is 18.1 Å². The van der Waals surface area contributed by atoms with E-state index in [0.29, 0.717) is 45.4 Å². The number of nitrogens with one attached hydrogen (secondary N) is 2. The molecule has 1 aromatic carbocycles. The van der Waals surface area contributed by atoms with Crippen molar-refractivity contribution in [1.29, 1.82) is 0 Å². The van der Waals surface area contributed by atoms with Gasteiger partial charge >= 0.3 is 12.2 Å². The average molecular weight is 454 g/mol. The zero-order chi connectivity index (χ0) is 23.6. The quantitative estimate of drug-likeness (QED) is 0.258. The normalized spacial score (nSPS) is 11.6. The van der Waals surface area contributed by atoms with Gasteiger partial charge < -0.3 is 35.3 Å². The summed E-state index contributed by atoms with van der Waals surface area (Å²) in [6, 6.07) is 8.43. The van der Waals surface area contributed by atoms with E-state index in [0.717, 1.165) is 5.56 Å². The Morgan fingerprint density at radius 1 is 0.969 bits per heavy atom. The van der Waals surface area contributed by atoms with E-state index in [1.807, 2.05) is 44.2 Å². The molecule has 0 aliphatic carbocycles. The summed E-state index contributed by atoms with van der Waals surface area (Å²) >= 11 is 0. The van der Waals surface area contributed by atoms with Crippen LogP contribution in [0.5, 0.6) is 0 Å². The number of unbranched alkanes of at least 4 members (excludes halogenated alkanes) is 1. The summed E-state index contributed by atoms with van der Waals surface area (Å²) in [7, 11) is 0. The van der Waals surface area contributed by atoms with E-state index in [4.69, 9.17) is 19.9 Å². The lowest BCUT2D eigenvalue weighted by Crippen LogP contribution is -2.47. The molecule has 0 saturated carbocycles. The number of hydrogen-bond donors (Lipinski definition) is 3. The van der Waals surface area contributed by atoms with Crippen LogP contribution in [0.1, 0.15) is 45.1 Å². The highest BCUT2D eigenvalue weighted by Gasteiger charge is 2.21. The van der Waals surface area contributed by atoms with Crippen LogP contribution in [-0.2, 0) is 30.3 Å². The first kappa shape index (κ1) is 27.2. The Balaban J connectivity index is 2.54. The maximum Gasteiger partial charge on any atom is 0.408 e. The third kappa shape index (κ3) is 12.8. The van der Waals surface area contributed by atoms with Gasteiger partial charge in [-0.1, -0.05) is 30.3 Å². The Morgan fingerprint density at radius 2 is 1.66 bits per heavy atom. The number of carbonyl (C=O) groups excluding carboxylic acids is 3. The lowest BCUT2D eigenvalue weighted by atomic mass is 10.1. The molecule has 180 valence electrons. The minimum absolute atomic E-state index is 0.0951. The van der Waals surface area contributed by atoms with Crippen LogP contribution in [0.15, 0.2) is 30.3 Å². The molecule has 0 saturated heterocycles. The van der Waals surface area contributed by atoms with Gasteiger partial charge in [0.2, 0.25) is 5.91 Å². The van der Waals surface area contributed by atoms with E-state index in [-0.39, 0.29) is 19.1 Å². The second-order valence-corrected chi connectivity index (χ2v) is 6.84. The van der Waals surface area contributed by atoms with Crippen molar-refractivity contribution in [2.45, 2.75) is 58.5 Å². The molecule has 0 bridgehead atoms. The predicted octanol–water partition coefficient (Wildman–Crippen LogP) is 2.45. The fraction of sp³-hybridized carbons (Fsp3) is 0.591. The Hall–Kier alpha value is -2.85. The Labute approximate surface area is 189 Å². The number of alkyl carbamates (subject to hydrolysis) is 1. The molecule has 32 heavy (non-hydrogen) atoms. The smallest absolute Gasteiger partial charge is 0.408 e. The SMILES string of the molecule is CCOC(CCNC(=O)[C@H](CCCCOC(N)=O)NC(=O)OCc1ccccc1)OCC. The van der Waals surface area contributed by atoms with E-state index in [2.05, 4.69) is 15.4 Å². The zero-order valence-electron chi connectivity index (χ0n) is 18.8. The first-order chi connectivity index (χ1) is 15.5. The number of ether oxygens (including phenoxy) is 4. The first-order valence-electron chi connectivity index (χ1n) is 10.9. The van der Waals surface area contributed by atoms with Crippen molar-refractivity contribution in [1.82, 2.24) is 10.6 Å². The summed E-state index contributed by atoms with van der Waals surface area (Å²) in [6.45, 7) is 5.31. The van der Waals surface area contributed by atoms with E-state index in [1.54, 1.807) is 0 Å². The largest absolute Gasteiger partial charge is 0.450 e. The van der Waals surface area contributed by atoms with Crippen LogP contribution in [0.4, 0.5) is 9.59 Å². The third-order valence-electron chi connectivity index (χ3n) is 4.34. The molecule has 3 amide bonds. The number of nitrogens with two attached hydrogens (primary N) is 1. The van der Waals surface area contributed by atoms with Crippen LogP contribution < -0.4 is 16.4 Å². The minimum atomic E-state index is -0.847. The van der Waals surface area contributed by atoms with Gasteiger partial charge in [-0.05, 0) is 38.7 Å². The number of amides is 3. The molecule has 0 aliphatic heterocycles. The van der Waals surface area contributed by atoms with Crippen LogP contribution in [0, 0.1) is 0 Å². The zero-order valence-corrected chi connectivity index (χ0v) is 18.8. The molecule has 0 unspecified atom stereocenters. The molecular formula is C22H35N3O7. The molecule has 0 fully saturated rings. The summed E-state index contributed by atoms with van der Waals surface area (Å²) in [5.74, 6) is -0.343. The van der Waals surface area contributed by atoms with Gasteiger partial charge in [-0.25, -0.2) is 9.59 Å².